The van der Waals surface area contributed by atoms with E-state index in [-0.39, 0.29) is 0 Å². The van der Waals surface area contributed by atoms with Gasteiger partial charge in [-0.3, -0.25) is 0 Å². The van der Waals surface area contributed by atoms with Crippen molar-refractivity contribution in [1.82, 2.24) is 15.6 Å². The van der Waals surface area contributed by atoms with E-state index in [0.29, 0.717) is 12.5 Å². The van der Waals surface area contributed by atoms with Crippen LogP contribution in [0.15, 0.2) is 10.4 Å². The number of nitrogens with zero attached hydrogens (tertiary/aromatic N) is 2. The van der Waals surface area contributed by atoms with E-state index < -0.39 is 0 Å². The molecule has 0 unspecified atom stereocenters. The van der Waals surface area contributed by atoms with Crippen LogP contribution in [0, 0.1) is 5.92 Å². The number of aliphatic imine (C=N–C) groups is 1. The van der Waals surface area contributed by atoms with Crippen molar-refractivity contribution < 1.29 is 0 Å². The third-order valence-electron chi connectivity index (χ3n) is 3.42. The Hall–Kier alpha value is -1.10. The molecule has 2 rings (SSSR count). The second-order valence-corrected chi connectivity index (χ2v) is 6.62. The number of hydrogen-bond acceptors (Lipinski definition) is 3. The van der Waals surface area contributed by atoms with Gasteiger partial charge in [-0.2, -0.15) is 0 Å². The van der Waals surface area contributed by atoms with Crippen molar-refractivity contribution in [3.63, 3.8) is 0 Å². The van der Waals surface area contributed by atoms with Gasteiger partial charge in [0.25, 0.3) is 0 Å². The third-order valence-corrected chi connectivity index (χ3v) is 4.27. The summed E-state index contributed by atoms with van der Waals surface area (Å²) in [7, 11) is 0. The van der Waals surface area contributed by atoms with E-state index in [4.69, 9.17) is 0 Å². The van der Waals surface area contributed by atoms with Gasteiger partial charge in [0.05, 0.1) is 12.2 Å². The van der Waals surface area contributed by atoms with E-state index >= 15 is 0 Å². The summed E-state index contributed by atoms with van der Waals surface area (Å²) in [6.45, 7) is 9.02. The maximum Gasteiger partial charge on any atom is 0.191 e. The molecule has 1 aliphatic carbocycles. The molecule has 1 fully saturated rings. The van der Waals surface area contributed by atoms with Crippen molar-refractivity contribution in [2.75, 3.05) is 13.1 Å². The highest BCUT2D eigenvalue weighted by Gasteiger charge is 2.20. The molecule has 112 valence electrons. The average molecular weight is 294 g/mol. The Morgan fingerprint density at radius 3 is 2.85 bits per heavy atom. The lowest BCUT2D eigenvalue weighted by Crippen LogP contribution is -2.37. The highest BCUT2D eigenvalue weighted by Crippen LogP contribution is 2.31. The van der Waals surface area contributed by atoms with Crippen LogP contribution in [0.25, 0.3) is 0 Å². The second-order valence-electron chi connectivity index (χ2n) is 5.67. The van der Waals surface area contributed by atoms with Gasteiger partial charge in [-0.25, -0.2) is 9.98 Å². The molecule has 5 heteroatoms. The summed E-state index contributed by atoms with van der Waals surface area (Å²) in [5.41, 5.74) is 1.17. The Morgan fingerprint density at radius 1 is 1.45 bits per heavy atom. The van der Waals surface area contributed by atoms with Crippen LogP contribution in [0.3, 0.4) is 0 Å². The molecule has 0 amide bonds. The molecule has 0 saturated heterocycles. The molecule has 0 bridgehead atoms. The zero-order valence-electron chi connectivity index (χ0n) is 12.8. The SMILES string of the molecule is CCNC(=NCc1nc(C(C)C)cs1)NCCC1CC1. The van der Waals surface area contributed by atoms with Gasteiger partial charge in [-0.05, 0) is 25.2 Å². The Balaban J connectivity index is 1.82. The molecule has 0 spiro atoms. The summed E-state index contributed by atoms with van der Waals surface area (Å²) >= 11 is 1.70. The molecule has 0 atom stereocenters. The molecule has 1 saturated carbocycles. The highest BCUT2D eigenvalue weighted by atomic mass is 32.1. The Kier molecular flexibility index (Phi) is 5.83. The summed E-state index contributed by atoms with van der Waals surface area (Å²) in [6, 6.07) is 0. The molecule has 1 heterocycles. The van der Waals surface area contributed by atoms with E-state index in [0.717, 1.165) is 30.0 Å². The van der Waals surface area contributed by atoms with Gasteiger partial charge < -0.3 is 10.6 Å². The largest absolute Gasteiger partial charge is 0.357 e. The van der Waals surface area contributed by atoms with Crippen molar-refractivity contribution in [2.45, 2.75) is 52.5 Å². The normalized spacial score (nSPS) is 15.7. The van der Waals surface area contributed by atoms with Crippen LogP contribution in [-0.4, -0.2) is 24.0 Å². The zero-order valence-corrected chi connectivity index (χ0v) is 13.6. The van der Waals surface area contributed by atoms with E-state index in [1.54, 1.807) is 11.3 Å². The van der Waals surface area contributed by atoms with E-state index in [1.807, 2.05) is 0 Å². The average Bonchev–Trinajstić information content (AvgIpc) is 3.11. The Labute approximate surface area is 126 Å². The van der Waals surface area contributed by atoms with Gasteiger partial charge in [0, 0.05) is 18.5 Å². The minimum absolute atomic E-state index is 0.494. The van der Waals surface area contributed by atoms with Crippen LogP contribution in [-0.2, 0) is 6.54 Å². The molecule has 20 heavy (non-hydrogen) atoms. The number of rotatable bonds is 7. The van der Waals surface area contributed by atoms with E-state index in [1.165, 1.54) is 25.0 Å². The lowest BCUT2D eigenvalue weighted by Gasteiger charge is -2.10. The molecular formula is C15H26N4S. The number of aromatic nitrogens is 1. The van der Waals surface area contributed by atoms with Gasteiger partial charge in [-0.1, -0.05) is 26.7 Å². The lowest BCUT2D eigenvalue weighted by molar-refractivity contribution is 0.685. The van der Waals surface area contributed by atoms with Crippen LogP contribution in [0.2, 0.25) is 0 Å². The monoisotopic (exact) mass is 294 g/mol. The minimum atomic E-state index is 0.494. The van der Waals surface area contributed by atoms with Crippen molar-refractivity contribution in [3.8, 4) is 0 Å². The van der Waals surface area contributed by atoms with Crippen molar-refractivity contribution in [3.05, 3.63) is 16.1 Å². The van der Waals surface area contributed by atoms with Crippen LogP contribution in [0.5, 0.6) is 0 Å². The van der Waals surface area contributed by atoms with Gasteiger partial charge in [0.15, 0.2) is 5.96 Å². The van der Waals surface area contributed by atoms with Crippen LogP contribution in [0.1, 0.15) is 56.7 Å². The molecule has 0 aliphatic heterocycles. The lowest BCUT2D eigenvalue weighted by atomic mass is 10.2. The maximum atomic E-state index is 4.62. The van der Waals surface area contributed by atoms with Crippen LogP contribution in [0.4, 0.5) is 0 Å². The molecule has 1 aromatic rings. The molecule has 1 aliphatic rings. The number of hydrogen-bond donors (Lipinski definition) is 2. The summed E-state index contributed by atoms with van der Waals surface area (Å²) in [5.74, 6) is 2.36. The Morgan fingerprint density at radius 2 is 2.25 bits per heavy atom. The Bertz CT molecular complexity index is 435. The maximum absolute atomic E-state index is 4.62. The summed E-state index contributed by atoms with van der Waals surface area (Å²) in [6.07, 6.45) is 4.08. The first-order valence-corrected chi connectivity index (χ1v) is 8.53. The summed E-state index contributed by atoms with van der Waals surface area (Å²) in [5, 5.41) is 9.93. The predicted molar refractivity (Wildman–Crippen MR) is 86.4 cm³/mol. The fourth-order valence-electron chi connectivity index (χ4n) is 1.95. The molecular weight excluding hydrogens is 268 g/mol. The highest BCUT2D eigenvalue weighted by molar-refractivity contribution is 7.09. The van der Waals surface area contributed by atoms with Gasteiger partial charge in [0.1, 0.15) is 5.01 Å². The summed E-state index contributed by atoms with van der Waals surface area (Å²) in [4.78, 5) is 9.23. The third kappa shape index (κ3) is 5.12. The first-order chi connectivity index (χ1) is 9.69. The number of guanidine groups is 1. The van der Waals surface area contributed by atoms with E-state index in [2.05, 4.69) is 46.8 Å². The first kappa shape index (κ1) is 15.3. The topological polar surface area (TPSA) is 49.3 Å². The second kappa shape index (κ2) is 7.62. The molecule has 2 N–H and O–H groups in total. The quantitative estimate of drug-likeness (QED) is 0.600. The fourth-order valence-corrected chi connectivity index (χ4v) is 2.83. The molecule has 1 aromatic heterocycles. The number of nitrogens with one attached hydrogen (secondary N) is 2. The van der Waals surface area contributed by atoms with Gasteiger partial charge in [0.2, 0.25) is 0 Å². The predicted octanol–water partition coefficient (Wildman–Crippen LogP) is 3.12. The van der Waals surface area contributed by atoms with Gasteiger partial charge in [-0.15, -0.1) is 11.3 Å². The van der Waals surface area contributed by atoms with E-state index in [9.17, 15) is 0 Å². The standard InChI is InChI=1S/C15H26N4S/c1-4-16-15(17-8-7-12-5-6-12)18-9-14-19-13(10-20-14)11(2)3/h10-12H,4-9H2,1-3H3,(H2,16,17,18). The zero-order chi connectivity index (χ0) is 14.4. The van der Waals surface area contributed by atoms with Crippen molar-refractivity contribution in [2.24, 2.45) is 10.9 Å². The molecule has 4 nitrogen and oxygen atoms in total. The van der Waals surface area contributed by atoms with Crippen molar-refractivity contribution in [1.29, 1.82) is 0 Å². The minimum Gasteiger partial charge on any atom is -0.357 e. The summed E-state index contributed by atoms with van der Waals surface area (Å²) < 4.78 is 0. The number of thiazole rings is 1. The molecule has 0 radical (unpaired) electrons. The van der Waals surface area contributed by atoms with Gasteiger partial charge >= 0.3 is 0 Å². The first-order valence-electron chi connectivity index (χ1n) is 7.65. The van der Waals surface area contributed by atoms with Crippen molar-refractivity contribution >= 4 is 17.3 Å². The van der Waals surface area contributed by atoms with Crippen LogP contribution >= 0.6 is 11.3 Å². The van der Waals surface area contributed by atoms with Crippen LogP contribution < -0.4 is 10.6 Å². The smallest absolute Gasteiger partial charge is 0.191 e. The molecule has 0 aromatic carbocycles. The fraction of sp³-hybridized carbons (Fsp3) is 0.733.